The molecule has 6 nitrogen and oxygen atoms in total. The number of benzene rings is 1. The highest BCUT2D eigenvalue weighted by molar-refractivity contribution is 5.98. The number of carbonyl (C=O) groups excluding carboxylic acids is 1. The first-order valence-electron chi connectivity index (χ1n) is 4.81. The van der Waals surface area contributed by atoms with E-state index in [0.29, 0.717) is 17.7 Å². The maximum atomic E-state index is 11.7. The van der Waals surface area contributed by atoms with Crippen LogP contribution in [0.25, 0.3) is 0 Å². The number of hydrogen-bond donors (Lipinski definition) is 1. The molecular formula is C10H10N2O4. The van der Waals surface area contributed by atoms with Gasteiger partial charge >= 0.3 is 0 Å². The van der Waals surface area contributed by atoms with Gasteiger partial charge in [0.15, 0.2) is 0 Å². The van der Waals surface area contributed by atoms with Gasteiger partial charge in [0.1, 0.15) is 0 Å². The number of aliphatic hydroxyl groups excluding tert-OH is 1. The summed E-state index contributed by atoms with van der Waals surface area (Å²) in [4.78, 5) is 23.2. The molecule has 1 aromatic carbocycles. The van der Waals surface area contributed by atoms with E-state index >= 15 is 0 Å². The summed E-state index contributed by atoms with van der Waals surface area (Å²) >= 11 is 0. The molecule has 0 atom stereocenters. The van der Waals surface area contributed by atoms with E-state index in [9.17, 15) is 14.9 Å². The average Bonchev–Trinajstić information content (AvgIpc) is 2.56. The van der Waals surface area contributed by atoms with Gasteiger partial charge in [-0.05, 0) is 11.6 Å². The molecule has 6 heteroatoms. The van der Waals surface area contributed by atoms with E-state index in [4.69, 9.17) is 5.11 Å². The zero-order valence-electron chi connectivity index (χ0n) is 8.42. The first-order chi connectivity index (χ1) is 7.63. The lowest BCUT2D eigenvalue weighted by Gasteiger charge is -2.12. The van der Waals surface area contributed by atoms with Crippen molar-refractivity contribution in [3.05, 3.63) is 39.4 Å². The highest BCUT2D eigenvalue weighted by Gasteiger charge is 2.28. The molecule has 0 radical (unpaired) electrons. The Morgan fingerprint density at radius 1 is 1.50 bits per heavy atom. The van der Waals surface area contributed by atoms with Gasteiger partial charge < -0.3 is 10.0 Å². The van der Waals surface area contributed by atoms with Crippen molar-refractivity contribution in [3.63, 3.8) is 0 Å². The summed E-state index contributed by atoms with van der Waals surface area (Å²) in [7, 11) is 0. The fraction of sp³-hybridized carbons (Fsp3) is 0.300. The van der Waals surface area contributed by atoms with Gasteiger partial charge in [0.25, 0.3) is 11.6 Å². The van der Waals surface area contributed by atoms with Crippen molar-refractivity contribution in [2.45, 2.75) is 6.54 Å². The lowest BCUT2D eigenvalue weighted by Crippen LogP contribution is -2.26. The van der Waals surface area contributed by atoms with E-state index in [-0.39, 0.29) is 24.7 Å². The predicted molar refractivity (Wildman–Crippen MR) is 54.9 cm³/mol. The molecule has 0 spiro atoms. The minimum atomic E-state index is -0.487. The fourth-order valence-corrected chi connectivity index (χ4v) is 1.78. The van der Waals surface area contributed by atoms with Crippen molar-refractivity contribution in [2.75, 3.05) is 13.2 Å². The molecule has 84 valence electrons. The van der Waals surface area contributed by atoms with Gasteiger partial charge in [-0.25, -0.2) is 0 Å². The van der Waals surface area contributed by atoms with Crippen LogP contribution < -0.4 is 0 Å². The van der Waals surface area contributed by atoms with Crippen molar-refractivity contribution in [1.29, 1.82) is 0 Å². The monoisotopic (exact) mass is 222 g/mol. The standard InChI is InChI=1S/C10H10N2O4/c13-4-3-11-6-7-5-8(12(15)16)1-2-9(7)10(11)14/h1-2,5,13H,3-4,6H2. The number of nitro benzene ring substituents is 1. The van der Waals surface area contributed by atoms with Crippen LogP contribution in [0.3, 0.4) is 0 Å². The molecule has 0 unspecified atom stereocenters. The van der Waals surface area contributed by atoms with Crippen LogP contribution in [-0.4, -0.2) is 34.0 Å². The molecule has 0 bridgehead atoms. The van der Waals surface area contributed by atoms with Gasteiger partial charge in [-0.15, -0.1) is 0 Å². The molecule has 1 amide bonds. The topological polar surface area (TPSA) is 83.7 Å². The third-order valence-corrected chi connectivity index (χ3v) is 2.55. The molecule has 1 aliphatic heterocycles. The SMILES string of the molecule is O=C1c2ccc([N+](=O)[O-])cc2CN1CCO. The molecule has 0 saturated heterocycles. The first-order valence-corrected chi connectivity index (χ1v) is 4.81. The third kappa shape index (κ3) is 1.63. The summed E-state index contributed by atoms with van der Waals surface area (Å²) in [5, 5.41) is 19.3. The number of nitro groups is 1. The molecule has 1 aromatic rings. The summed E-state index contributed by atoms with van der Waals surface area (Å²) in [6, 6.07) is 4.19. The second-order valence-corrected chi connectivity index (χ2v) is 3.55. The van der Waals surface area contributed by atoms with Gasteiger partial charge in [-0.1, -0.05) is 0 Å². The van der Waals surface area contributed by atoms with Gasteiger partial charge in [0.05, 0.1) is 11.5 Å². The molecule has 0 saturated carbocycles. The number of nitrogens with zero attached hydrogens (tertiary/aromatic N) is 2. The van der Waals surface area contributed by atoms with Crippen molar-refractivity contribution >= 4 is 11.6 Å². The second-order valence-electron chi connectivity index (χ2n) is 3.55. The molecule has 0 aliphatic carbocycles. The van der Waals surface area contributed by atoms with Gasteiger partial charge in [0, 0.05) is 30.8 Å². The maximum Gasteiger partial charge on any atom is 0.269 e. The van der Waals surface area contributed by atoms with Crippen molar-refractivity contribution in [2.24, 2.45) is 0 Å². The number of fused-ring (bicyclic) bond motifs is 1. The summed E-state index contributed by atoms with van der Waals surface area (Å²) in [6.45, 7) is 0.472. The molecule has 0 fully saturated rings. The molecule has 1 aliphatic rings. The van der Waals surface area contributed by atoms with Crippen molar-refractivity contribution in [1.82, 2.24) is 4.90 Å². The number of rotatable bonds is 3. The van der Waals surface area contributed by atoms with Crippen LogP contribution >= 0.6 is 0 Å². The van der Waals surface area contributed by atoms with Crippen LogP contribution in [0.2, 0.25) is 0 Å². The summed E-state index contributed by atoms with van der Waals surface area (Å²) in [5.41, 5.74) is 1.11. The van der Waals surface area contributed by atoms with Crippen LogP contribution in [-0.2, 0) is 6.54 Å². The van der Waals surface area contributed by atoms with Crippen molar-refractivity contribution in [3.8, 4) is 0 Å². The summed E-state index contributed by atoms with van der Waals surface area (Å²) in [6.07, 6.45) is 0. The Morgan fingerprint density at radius 2 is 2.25 bits per heavy atom. The minimum absolute atomic E-state index is 0.0163. The Balaban J connectivity index is 2.33. The number of aliphatic hydroxyl groups is 1. The maximum absolute atomic E-state index is 11.7. The molecule has 2 rings (SSSR count). The molecule has 1 N–H and O–H groups in total. The number of hydrogen-bond acceptors (Lipinski definition) is 4. The molecular weight excluding hydrogens is 212 g/mol. The molecule has 0 aromatic heterocycles. The smallest absolute Gasteiger partial charge is 0.269 e. The number of carbonyl (C=O) groups is 1. The predicted octanol–water partition coefficient (Wildman–Crippen LogP) is 0.543. The van der Waals surface area contributed by atoms with Gasteiger partial charge in [-0.3, -0.25) is 14.9 Å². The van der Waals surface area contributed by atoms with Crippen LogP contribution in [0, 0.1) is 10.1 Å². The van der Waals surface area contributed by atoms with Crippen molar-refractivity contribution < 1.29 is 14.8 Å². The van der Waals surface area contributed by atoms with E-state index in [2.05, 4.69) is 0 Å². The lowest BCUT2D eigenvalue weighted by molar-refractivity contribution is -0.384. The van der Waals surface area contributed by atoms with E-state index in [1.165, 1.54) is 23.1 Å². The normalized spacial score (nSPS) is 14.1. The van der Waals surface area contributed by atoms with Crippen LogP contribution in [0.1, 0.15) is 15.9 Å². The quantitative estimate of drug-likeness (QED) is 0.597. The summed E-state index contributed by atoms with van der Waals surface area (Å²) < 4.78 is 0. The summed E-state index contributed by atoms with van der Waals surface area (Å²) in [5.74, 6) is -0.182. The average molecular weight is 222 g/mol. The lowest BCUT2D eigenvalue weighted by atomic mass is 10.1. The first kappa shape index (κ1) is 10.6. The fourth-order valence-electron chi connectivity index (χ4n) is 1.78. The molecule has 16 heavy (non-hydrogen) atoms. The zero-order chi connectivity index (χ0) is 11.7. The number of β-amino-alcohol motifs (C(OH)–C–C–N with tert-alkyl or cyclic N) is 1. The van der Waals surface area contributed by atoms with Crippen LogP contribution in [0.4, 0.5) is 5.69 Å². The highest BCUT2D eigenvalue weighted by Crippen LogP contribution is 2.26. The minimum Gasteiger partial charge on any atom is -0.395 e. The van der Waals surface area contributed by atoms with Gasteiger partial charge in [0.2, 0.25) is 0 Å². The van der Waals surface area contributed by atoms with Gasteiger partial charge in [-0.2, -0.15) is 0 Å². The Kier molecular flexibility index (Phi) is 2.57. The van der Waals surface area contributed by atoms with E-state index in [1.807, 2.05) is 0 Å². The van der Waals surface area contributed by atoms with Crippen LogP contribution in [0.5, 0.6) is 0 Å². The van der Waals surface area contributed by atoms with E-state index in [0.717, 1.165) is 0 Å². The third-order valence-electron chi connectivity index (χ3n) is 2.55. The number of non-ortho nitro benzene ring substituents is 1. The number of amides is 1. The highest BCUT2D eigenvalue weighted by atomic mass is 16.6. The Morgan fingerprint density at radius 3 is 2.88 bits per heavy atom. The van der Waals surface area contributed by atoms with E-state index < -0.39 is 4.92 Å². The largest absolute Gasteiger partial charge is 0.395 e. The Labute approximate surface area is 91.3 Å². The zero-order valence-corrected chi connectivity index (χ0v) is 8.42. The second kappa shape index (κ2) is 3.90. The van der Waals surface area contributed by atoms with E-state index in [1.54, 1.807) is 0 Å². The Bertz CT molecular complexity index is 458. The van der Waals surface area contributed by atoms with Crippen LogP contribution in [0.15, 0.2) is 18.2 Å². The Hall–Kier alpha value is -1.95. The molecule has 1 heterocycles.